The van der Waals surface area contributed by atoms with E-state index in [1.165, 1.54) is 19.3 Å². The van der Waals surface area contributed by atoms with Gasteiger partial charge in [0.15, 0.2) is 0 Å². The van der Waals surface area contributed by atoms with Crippen molar-refractivity contribution in [2.24, 2.45) is 0 Å². The van der Waals surface area contributed by atoms with E-state index < -0.39 is 0 Å². The van der Waals surface area contributed by atoms with E-state index >= 15 is 0 Å². The highest BCUT2D eigenvalue weighted by Crippen LogP contribution is 2.24. The molecule has 110 valence electrons. The summed E-state index contributed by atoms with van der Waals surface area (Å²) < 4.78 is 5.51. The van der Waals surface area contributed by atoms with Gasteiger partial charge < -0.3 is 9.84 Å². The van der Waals surface area contributed by atoms with Crippen molar-refractivity contribution in [2.75, 3.05) is 0 Å². The van der Waals surface area contributed by atoms with Crippen molar-refractivity contribution in [3.8, 4) is 5.75 Å². The number of aromatic hydroxyl groups is 1. The van der Waals surface area contributed by atoms with Gasteiger partial charge in [-0.1, -0.05) is 18.6 Å². The van der Waals surface area contributed by atoms with E-state index in [9.17, 15) is 9.90 Å². The first-order chi connectivity index (χ1) is 9.56. The number of hydrogen-bond donors (Lipinski definition) is 1. The summed E-state index contributed by atoms with van der Waals surface area (Å²) in [7, 11) is 0. The van der Waals surface area contributed by atoms with Crippen molar-refractivity contribution in [1.29, 1.82) is 0 Å². The number of rotatable bonds is 4. The van der Waals surface area contributed by atoms with Gasteiger partial charge in [0.2, 0.25) is 0 Å². The normalized spacial score (nSPS) is 16.1. The number of phenols is 1. The van der Waals surface area contributed by atoms with E-state index in [0.29, 0.717) is 18.6 Å². The quantitative estimate of drug-likeness (QED) is 0.850. The molecule has 1 aromatic rings. The lowest BCUT2D eigenvalue weighted by atomic mass is 9.98. The fourth-order valence-electron chi connectivity index (χ4n) is 2.86. The highest BCUT2D eigenvalue weighted by molar-refractivity contribution is 5.70. The third-order valence-electron chi connectivity index (χ3n) is 4.02. The maximum absolute atomic E-state index is 11.8. The third-order valence-corrected chi connectivity index (χ3v) is 4.02. The summed E-state index contributed by atoms with van der Waals surface area (Å²) in [6.45, 7) is 3.76. The maximum atomic E-state index is 11.8. The van der Waals surface area contributed by atoms with Gasteiger partial charge in [0, 0.05) is 6.42 Å². The Morgan fingerprint density at radius 1 is 1.20 bits per heavy atom. The Morgan fingerprint density at radius 2 is 1.80 bits per heavy atom. The van der Waals surface area contributed by atoms with Gasteiger partial charge >= 0.3 is 5.97 Å². The maximum Gasteiger partial charge on any atom is 0.306 e. The second kappa shape index (κ2) is 6.78. The minimum atomic E-state index is -0.0970. The fraction of sp³-hybridized carbons (Fsp3) is 0.588. The molecule has 0 spiro atoms. The Balaban J connectivity index is 1.83. The van der Waals surface area contributed by atoms with Crippen LogP contribution in [0.25, 0.3) is 0 Å². The van der Waals surface area contributed by atoms with Crippen LogP contribution in [0, 0.1) is 13.8 Å². The van der Waals surface area contributed by atoms with Crippen molar-refractivity contribution >= 4 is 5.97 Å². The molecule has 20 heavy (non-hydrogen) atoms. The number of hydrogen-bond acceptors (Lipinski definition) is 3. The molecule has 1 aromatic carbocycles. The number of benzene rings is 1. The van der Waals surface area contributed by atoms with Crippen molar-refractivity contribution in [3.63, 3.8) is 0 Å². The molecule has 0 aromatic heterocycles. The van der Waals surface area contributed by atoms with Gasteiger partial charge in [-0.2, -0.15) is 0 Å². The average Bonchev–Trinajstić information content (AvgIpc) is 2.43. The highest BCUT2D eigenvalue weighted by Gasteiger charge is 2.17. The van der Waals surface area contributed by atoms with E-state index in [1.807, 2.05) is 26.0 Å². The van der Waals surface area contributed by atoms with Crippen molar-refractivity contribution in [2.45, 2.75) is 64.9 Å². The number of phenolic OH excluding ortho intramolecular Hbond substituents is 1. The highest BCUT2D eigenvalue weighted by atomic mass is 16.5. The lowest BCUT2D eigenvalue weighted by Gasteiger charge is -2.21. The van der Waals surface area contributed by atoms with Crippen molar-refractivity contribution in [1.82, 2.24) is 0 Å². The van der Waals surface area contributed by atoms with E-state index in [0.717, 1.165) is 29.5 Å². The summed E-state index contributed by atoms with van der Waals surface area (Å²) in [5, 5.41) is 9.73. The molecule has 0 unspecified atom stereocenters. The van der Waals surface area contributed by atoms with Crippen LogP contribution in [-0.4, -0.2) is 17.2 Å². The van der Waals surface area contributed by atoms with E-state index in [1.54, 1.807) is 0 Å². The zero-order chi connectivity index (χ0) is 14.5. The predicted octanol–water partition coefficient (Wildman–Crippen LogP) is 3.82. The zero-order valence-corrected chi connectivity index (χ0v) is 12.4. The van der Waals surface area contributed by atoms with Crippen LogP contribution in [0.3, 0.4) is 0 Å². The van der Waals surface area contributed by atoms with Gasteiger partial charge in [0.1, 0.15) is 11.9 Å². The minimum absolute atomic E-state index is 0.0970. The first-order valence-electron chi connectivity index (χ1n) is 7.55. The Morgan fingerprint density at radius 3 is 2.40 bits per heavy atom. The molecule has 0 amide bonds. The van der Waals surface area contributed by atoms with E-state index in [-0.39, 0.29) is 12.1 Å². The first-order valence-corrected chi connectivity index (χ1v) is 7.55. The molecule has 1 saturated carbocycles. The smallest absolute Gasteiger partial charge is 0.306 e. The van der Waals surface area contributed by atoms with Crippen LogP contribution in [0.4, 0.5) is 0 Å². The summed E-state index contributed by atoms with van der Waals surface area (Å²) >= 11 is 0. The molecule has 3 heteroatoms. The second-order valence-corrected chi connectivity index (χ2v) is 5.83. The SMILES string of the molecule is Cc1cc(CCC(=O)OC2CCCCC2)cc(C)c1O. The molecule has 3 nitrogen and oxygen atoms in total. The molecule has 2 rings (SSSR count). The monoisotopic (exact) mass is 276 g/mol. The van der Waals surface area contributed by atoms with Crippen molar-refractivity contribution in [3.05, 3.63) is 28.8 Å². The molecule has 1 aliphatic rings. The van der Waals surface area contributed by atoms with E-state index in [4.69, 9.17) is 4.74 Å². The number of esters is 1. The van der Waals surface area contributed by atoms with Crippen molar-refractivity contribution < 1.29 is 14.6 Å². The average molecular weight is 276 g/mol. The molecule has 1 fully saturated rings. The van der Waals surface area contributed by atoms with Gasteiger partial charge in [-0.05, 0) is 62.6 Å². The molecular formula is C17H24O3. The van der Waals surface area contributed by atoms with Gasteiger partial charge in [0.05, 0.1) is 0 Å². The third kappa shape index (κ3) is 3.99. The van der Waals surface area contributed by atoms with Crippen LogP contribution in [0.15, 0.2) is 12.1 Å². The summed E-state index contributed by atoms with van der Waals surface area (Å²) in [4.78, 5) is 11.8. The van der Waals surface area contributed by atoms with Crippen LogP contribution in [0.1, 0.15) is 55.2 Å². The Hall–Kier alpha value is -1.51. The molecule has 0 aliphatic heterocycles. The number of carbonyl (C=O) groups excluding carboxylic acids is 1. The largest absolute Gasteiger partial charge is 0.507 e. The van der Waals surface area contributed by atoms with Crippen LogP contribution in [-0.2, 0) is 16.0 Å². The molecular weight excluding hydrogens is 252 g/mol. The number of carbonyl (C=O) groups is 1. The Bertz CT molecular complexity index is 450. The summed E-state index contributed by atoms with van der Waals surface area (Å²) in [5.41, 5.74) is 2.81. The summed E-state index contributed by atoms with van der Waals surface area (Å²) in [6, 6.07) is 3.88. The van der Waals surface area contributed by atoms with Crippen LogP contribution < -0.4 is 0 Å². The van der Waals surface area contributed by atoms with E-state index in [2.05, 4.69) is 0 Å². The van der Waals surface area contributed by atoms with Gasteiger partial charge in [-0.3, -0.25) is 4.79 Å². The molecule has 0 radical (unpaired) electrons. The standard InChI is InChI=1S/C17H24O3/c1-12-10-14(11-13(2)17(12)19)8-9-16(18)20-15-6-4-3-5-7-15/h10-11,15,19H,3-9H2,1-2H3. The van der Waals surface area contributed by atoms with Gasteiger partial charge in [0.25, 0.3) is 0 Å². The molecule has 0 atom stereocenters. The number of aryl methyl sites for hydroxylation is 3. The second-order valence-electron chi connectivity index (χ2n) is 5.83. The topological polar surface area (TPSA) is 46.5 Å². The molecule has 0 heterocycles. The molecule has 1 aliphatic carbocycles. The Labute approximate surface area is 121 Å². The van der Waals surface area contributed by atoms with Crippen LogP contribution in [0.2, 0.25) is 0 Å². The van der Waals surface area contributed by atoms with Gasteiger partial charge in [-0.25, -0.2) is 0 Å². The summed E-state index contributed by atoms with van der Waals surface area (Å²) in [5.74, 6) is 0.249. The molecule has 0 saturated heterocycles. The number of ether oxygens (including phenoxy) is 1. The zero-order valence-electron chi connectivity index (χ0n) is 12.4. The molecule has 0 bridgehead atoms. The predicted molar refractivity (Wildman–Crippen MR) is 78.9 cm³/mol. The Kier molecular flexibility index (Phi) is 5.05. The summed E-state index contributed by atoms with van der Waals surface area (Å²) in [6.07, 6.45) is 6.88. The van der Waals surface area contributed by atoms with Crippen LogP contribution >= 0.6 is 0 Å². The minimum Gasteiger partial charge on any atom is -0.507 e. The first kappa shape index (κ1) is 14.9. The fourth-order valence-corrected chi connectivity index (χ4v) is 2.86. The van der Waals surface area contributed by atoms with Gasteiger partial charge in [-0.15, -0.1) is 0 Å². The molecule has 1 N–H and O–H groups in total. The lowest BCUT2D eigenvalue weighted by Crippen LogP contribution is -2.21. The van der Waals surface area contributed by atoms with Crippen LogP contribution in [0.5, 0.6) is 5.75 Å². The lowest BCUT2D eigenvalue weighted by molar-refractivity contribution is -0.150.